The van der Waals surface area contributed by atoms with E-state index in [1.54, 1.807) is 12.1 Å². The summed E-state index contributed by atoms with van der Waals surface area (Å²) in [6.07, 6.45) is 3.93. The number of rotatable bonds is 6. The smallest absolute Gasteiger partial charge is 0.335 e. The minimum absolute atomic E-state index is 0.180. The van der Waals surface area contributed by atoms with Crippen LogP contribution in [0.1, 0.15) is 45.0 Å². The minimum atomic E-state index is -1.24. The molecule has 174 valence electrons. The standard InChI is InChI=1S/C27H31FN2O3/c1-17-11-18(2)25-22(7-9-29-25)23(17)12-21-8-10-30(14-27(28)15-33-16-27)13-24(21)19-3-5-20(6-4-19)26(31)32/h3-7,9,11,21,24,29H,8,10,12-16H2,1-2H3,(H,31,32). The summed E-state index contributed by atoms with van der Waals surface area (Å²) in [7, 11) is 0. The van der Waals surface area contributed by atoms with Gasteiger partial charge in [0.25, 0.3) is 0 Å². The molecule has 3 aromatic rings. The van der Waals surface area contributed by atoms with Gasteiger partial charge in [0.05, 0.1) is 18.8 Å². The monoisotopic (exact) mass is 450 g/mol. The summed E-state index contributed by atoms with van der Waals surface area (Å²) in [4.78, 5) is 16.9. The average Bonchev–Trinajstić information content (AvgIpc) is 3.27. The summed E-state index contributed by atoms with van der Waals surface area (Å²) in [6.45, 7) is 6.71. The Morgan fingerprint density at radius 2 is 1.97 bits per heavy atom. The predicted molar refractivity (Wildman–Crippen MR) is 127 cm³/mol. The van der Waals surface area contributed by atoms with E-state index in [1.165, 1.54) is 27.6 Å². The van der Waals surface area contributed by atoms with Gasteiger partial charge in [0.2, 0.25) is 0 Å². The molecule has 0 amide bonds. The maximum Gasteiger partial charge on any atom is 0.335 e. The lowest BCUT2D eigenvalue weighted by molar-refractivity contribution is -0.143. The fourth-order valence-corrected chi connectivity index (χ4v) is 5.70. The van der Waals surface area contributed by atoms with Crippen LogP contribution in [0.25, 0.3) is 10.9 Å². The van der Waals surface area contributed by atoms with Gasteiger partial charge in [-0.25, -0.2) is 9.18 Å². The molecule has 2 atom stereocenters. The Bertz CT molecular complexity index is 1170. The number of alkyl halides is 1. The molecule has 0 bridgehead atoms. The Hall–Kier alpha value is -2.70. The number of benzene rings is 2. The van der Waals surface area contributed by atoms with Crippen LogP contribution in [0.5, 0.6) is 0 Å². The van der Waals surface area contributed by atoms with Gasteiger partial charge in [-0.3, -0.25) is 4.90 Å². The largest absolute Gasteiger partial charge is 0.478 e. The van der Waals surface area contributed by atoms with Crippen molar-refractivity contribution in [3.05, 3.63) is 70.4 Å². The first-order valence-electron chi connectivity index (χ1n) is 11.7. The summed E-state index contributed by atoms with van der Waals surface area (Å²) >= 11 is 0. The number of fused-ring (bicyclic) bond motifs is 1. The third-order valence-corrected chi connectivity index (χ3v) is 7.50. The Morgan fingerprint density at radius 3 is 2.64 bits per heavy atom. The number of H-pyrrole nitrogens is 1. The number of carboxylic acid groups (broad SMARTS) is 1. The normalized spacial score (nSPS) is 22.9. The van der Waals surface area contributed by atoms with Crippen molar-refractivity contribution in [1.82, 2.24) is 9.88 Å². The Morgan fingerprint density at radius 1 is 1.21 bits per heavy atom. The van der Waals surface area contributed by atoms with Gasteiger partial charge in [0.15, 0.2) is 5.67 Å². The molecule has 2 saturated heterocycles. The molecule has 33 heavy (non-hydrogen) atoms. The van der Waals surface area contributed by atoms with E-state index >= 15 is 0 Å². The van der Waals surface area contributed by atoms with Gasteiger partial charge in [-0.05, 0) is 85.5 Å². The van der Waals surface area contributed by atoms with Crippen LogP contribution < -0.4 is 0 Å². The first-order valence-corrected chi connectivity index (χ1v) is 11.7. The molecule has 0 saturated carbocycles. The number of likely N-dealkylation sites (tertiary alicyclic amines) is 1. The Kier molecular flexibility index (Phi) is 5.75. The summed E-state index contributed by atoms with van der Waals surface area (Å²) in [6, 6.07) is 11.7. The van der Waals surface area contributed by atoms with Crippen LogP contribution in [0.3, 0.4) is 0 Å². The number of halogens is 1. The lowest BCUT2D eigenvalue weighted by atomic mass is 9.76. The first kappa shape index (κ1) is 22.1. The number of carbonyl (C=O) groups is 1. The first-order chi connectivity index (χ1) is 15.8. The van der Waals surface area contributed by atoms with Crippen LogP contribution in [0.4, 0.5) is 4.39 Å². The molecule has 0 radical (unpaired) electrons. The van der Waals surface area contributed by atoms with Crippen molar-refractivity contribution in [1.29, 1.82) is 0 Å². The molecule has 5 nitrogen and oxygen atoms in total. The number of hydrogen-bond donors (Lipinski definition) is 2. The third kappa shape index (κ3) is 4.30. The second-order valence-electron chi connectivity index (χ2n) is 9.92. The zero-order valence-electron chi connectivity index (χ0n) is 19.2. The van der Waals surface area contributed by atoms with Gasteiger partial charge in [0.1, 0.15) is 0 Å². The Labute approximate surface area is 193 Å². The number of aromatic nitrogens is 1. The highest BCUT2D eigenvalue weighted by Crippen LogP contribution is 2.38. The van der Waals surface area contributed by atoms with Crippen molar-refractivity contribution in [2.24, 2.45) is 5.92 Å². The number of nitrogens with one attached hydrogen (secondary N) is 1. The number of carboxylic acids is 1. The van der Waals surface area contributed by atoms with Crippen molar-refractivity contribution in [2.45, 2.75) is 38.3 Å². The van der Waals surface area contributed by atoms with Crippen LogP contribution in [0, 0.1) is 19.8 Å². The zero-order valence-corrected chi connectivity index (χ0v) is 19.2. The van der Waals surface area contributed by atoms with Crippen molar-refractivity contribution < 1.29 is 19.0 Å². The molecular weight excluding hydrogens is 419 g/mol. The number of aromatic carboxylic acids is 1. The number of ether oxygens (including phenoxy) is 1. The van der Waals surface area contributed by atoms with Gasteiger partial charge < -0.3 is 14.8 Å². The van der Waals surface area contributed by atoms with Crippen LogP contribution in [-0.2, 0) is 11.2 Å². The fourth-order valence-electron chi connectivity index (χ4n) is 5.70. The predicted octanol–water partition coefficient (Wildman–Crippen LogP) is 4.87. The zero-order chi connectivity index (χ0) is 23.2. The molecular formula is C27H31FN2O3. The molecule has 2 fully saturated rings. The maximum absolute atomic E-state index is 14.8. The molecule has 2 aromatic carbocycles. The van der Waals surface area contributed by atoms with Gasteiger partial charge >= 0.3 is 5.97 Å². The number of aryl methyl sites for hydroxylation is 2. The molecule has 2 N–H and O–H groups in total. The van der Waals surface area contributed by atoms with E-state index in [2.05, 4.69) is 35.9 Å². The maximum atomic E-state index is 14.8. The third-order valence-electron chi connectivity index (χ3n) is 7.50. The van der Waals surface area contributed by atoms with Crippen molar-refractivity contribution >= 4 is 16.9 Å². The van der Waals surface area contributed by atoms with E-state index < -0.39 is 11.6 Å². The highest BCUT2D eigenvalue weighted by molar-refractivity contribution is 5.88. The molecule has 2 unspecified atom stereocenters. The summed E-state index contributed by atoms with van der Waals surface area (Å²) in [5, 5.41) is 10.6. The highest BCUT2D eigenvalue weighted by atomic mass is 19.1. The van der Waals surface area contributed by atoms with Crippen molar-refractivity contribution in [3.63, 3.8) is 0 Å². The van der Waals surface area contributed by atoms with E-state index in [9.17, 15) is 14.3 Å². The topological polar surface area (TPSA) is 65.6 Å². The molecule has 2 aliphatic heterocycles. The lowest BCUT2D eigenvalue weighted by Crippen LogP contribution is -2.55. The molecule has 6 heteroatoms. The quantitative estimate of drug-likeness (QED) is 0.562. The van der Waals surface area contributed by atoms with E-state index in [4.69, 9.17) is 4.74 Å². The molecule has 2 aliphatic rings. The van der Waals surface area contributed by atoms with Crippen LogP contribution in [0.2, 0.25) is 0 Å². The fraction of sp³-hybridized carbons (Fsp3) is 0.444. The van der Waals surface area contributed by atoms with E-state index in [0.29, 0.717) is 18.0 Å². The van der Waals surface area contributed by atoms with Crippen LogP contribution in [0.15, 0.2) is 42.6 Å². The Balaban J connectivity index is 1.45. The van der Waals surface area contributed by atoms with Crippen molar-refractivity contribution in [2.75, 3.05) is 32.8 Å². The summed E-state index contributed by atoms with van der Waals surface area (Å²) in [5.74, 6) is -0.316. The van der Waals surface area contributed by atoms with E-state index in [0.717, 1.165) is 31.5 Å². The van der Waals surface area contributed by atoms with Crippen LogP contribution in [-0.4, -0.2) is 59.5 Å². The number of nitrogens with zero attached hydrogens (tertiary/aromatic N) is 1. The van der Waals surface area contributed by atoms with Crippen molar-refractivity contribution in [3.8, 4) is 0 Å². The number of aromatic amines is 1. The number of hydrogen-bond acceptors (Lipinski definition) is 3. The average molecular weight is 451 g/mol. The minimum Gasteiger partial charge on any atom is -0.478 e. The van der Waals surface area contributed by atoms with Crippen LogP contribution >= 0.6 is 0 Å². The van der Waals surface area contributed by atoms with Gasteiger partial charge in [-0.2, -0.15) is 0 Å². The van der Waals surface area contributed by atoms with E-state index in [-0.39, 0.29) is 19.1 Å². The molecule has 0 aliphatic carbocycles. The summed E-state index contributed by atoms with van der Waals surface area (Å²) in [5.41, 5.74) is 5.30. The second kappa shape index (κ2) is 8.58. The van der Waals surface area contributed by atoms with Gasteiger partial charge in [0, 0.05) is 30.2 Å². The highest BCUT2D eigenvalue weighted by Gasteiger charge is 2.42. The summed E-state index contributed by atoms with van der Waals surface area (Å²) < 4.78 is 19.9. The lowest BCUT2D eigenvalue weighted by Gasteiger charge is -2.44. The molecule has 5 rings (SSSR count). The molecule has 3 heterocycles. The number of piperidine rings is 1. The molecule has 0 spiro atoms. The van der Waals surface area contributed by atoms with E-state index in [1.807, 2.05) is 18.3 Å². The second-order valence-corrected chi connectivity index (χ2v) is 9.92. The SMILES string of the molecule is Cc1cc(C)c2[nH]ccc2c1CC1CCN(CC2(F)COC2)CC1c1ccc(C(=O)O)cc1. The van der Waals surface area contributed by atoms with Gasteiger partial charge in [-0.1, -0.05) is 18.2 Å². The van der Waals surface area contributed by atoms with Gasteiger partial charge in [-0.15, -0.1) is 0 Å². The molecule has 1 aromatic heterocycles.